The average Bonchev–Trinajstić information content (AvgIpc) is 2.45. The van der Waals surface area contributed by atoms with Gasteiger partial charge in [-0.05, 0) is 47.3 Å². The van der Waals surface area contributed by atoms with E-state index in [1.807, 2.05) is 18.1 Å². The summed E-state index contributed by atoms with van der Waals surface area (Å²) >= 11 is 3.45. The van der Waals surface area contributed by atoms with Gasteiger partial charge in [-0.3, -0.25) is 0 Å². The fourth-order valence-corrected chi connectivity index (χ4v) is 3.24. The number of halogens is 1. The van der Waals surface area contributed by atoms with E-state index in [0.29, 0.717) is 0 Å². The Morgan fingerprint density at radius 3 is 2.76 bits per heavy atom. The Kier molecular flexibility index (Phi) is 5.08. The van der Waals surface area contributed by atoms with Gasteiger partial charge in [-0.15, -0.1) is 0 Å². The zero-order valence-corrected chi connectivity index (χ0v) is 14.7. The monoisotopic (exact) mass is 354 g/mol. The predicted molar refractivity (Wildman–Crippen MR) is 88.8 cm³/mol. The van der Waals surface area contributed by atoms with Crippen LogP contribution in [0.5, 0.6) is 0 Å². The number of carbonyl (C=O) groups is 1. The van der Waals surface area contributed by atoms with Crippen molar-refractivity contribution in [3.8, 4) is 0 Å². The number of hydrogen-bond donors (Lipinski definition) is 0. The molecule has 0 aliphatic carbocycles. The first-order chi connectivity index (χ1) is 9.90. The molecule has 1 fully saturated rings. The van der Waals surface area contributed by atoms with Gasteiger partial charge in [0.1, 0.15) is 5.82 Å². The van der Waals surface area contributed by atoms with E-state index in [0.717, 1.165) is 41.8 Å². The molecule has 2 amide bonds. The second kappa shape index (κ2) is 6.64. The Balaban J connectivity index is 2.12. The van der Waals surface area contributed by atoms with Gasteiger partial charge in [0, 0.05) is 44.9 Å². The zero-order valence-electron chi connectivity index (χ0n) is 13.1. The van der Waals surface area contributed by atoms with Crippen molar-refractivity contribution in [2.45, 2.75) is 25.8 Å². The molecule has 1 saturated heterocycles. The number of amides is 2. The predicted octanol–water partition coefficient (Wildman–Crippen LogP) is 2.73. The lowest BCUT2D eigenvalue weighted by Crippen LogP contribution is -2.51. The van der Waals surface area contributed by atoms with Crippen LogP contribution in [0.1, 0.15) is 18.4 Å². The fraction of sp³-hybridized carbons (Fsp3) is 0.600. The number of urea groups is 1. The van der Waals surface area contributed by atoms with Gasteiger partial charge in [0.05, 0.1) is 6.04 Å². The molecule has 0 N–H and O–H groups in total. The van der Waals surface area contributed by atoms with E-state index in [-0.39, 0.29) is 12.1 Å². The summed E-state index contributed by atoms with van der Waals surface area (Å²) < 4.78 is 0.997. The Bertz CT molecular complexity index is 520. The van der Waals surface area contributed by atoms with Crippen molar-refractivity contribution < 1.29 is 4.79 Å². The van der Waals surface area contributed by atoms with Crippen LogP contribution in [0.15, 0.2) is 16.7 Å². The summed E-state index contributed by atoms with van der Waals surface area (Å²) in [5.41, 5.74) is 1.16. The number of pyridine rings is 1. The van der Waals surface area contributed by atoms with Crippen molar-refractivity contribution in [2.24, 2.45) is 0 Å². The molecule has 1 unspecified atom stereocenters. The van der Waals surface area contributed by atoms with Crippen molar-refractivity contribution in [3.05, 3.63) is 22.3 Å². The number of hydrogen-bond acceptors (Lipinski definition) is 3. The number of aryl methyl sites for hydroxylation is 1. The summed E-state index contributed by atoms with van der Waals surface area (Å²) in [6, 6.07) is 2.38. The van der Waals surface area contributed by atoms with E-state index in [4.69, 9.17) is 0 Å². The van der Waals surface area contributed by atoms with Crippen molar-refractivity contribution in [3.63, 3.8) is 0 Å². The molecule has 1 aliphatic rings. The number of piperidine rings is 1. The lowest BCUT2D eigenvalue weighted by molar-refractivity contribution is 0.157. The van der Waals surface area contributed by atoms with Gasteiger partial charge in [0.15, 0.2) is 0 Å². The maximum Gasteiger partial charge on any atom is 0.319 e. The lowest BCUT2D eigenvalue weighted by atomic mass is 10.0. The quantitative estimate of drug-likeness (QED) is 0.819. The molecule has 2 heterocycles. The summed E-state index contributed by atoms with van der Waals surface area (Å²) in [4.78, 5) is 22.4. The minimum Gasteiger partial charge on any atom is -0.354 e. The summed E-state index contributed by atoms with van der Waals surface area (Å²) in [7, 11) is 5.47. The molecule has 5 nitrogen and oxygen atoms in total. The van der Waals surface area contributed by atoms with Gasteiger partial charge < -0.3 is 14.7 Å². The molecule has 0 bridgehead atoms. The van der Waals surface area contributed by atoms with Crippen LogP contribution in [-0.2, 0) is 0 Å². The van der Waals surface area contributed by atoms with Crippen molar-refractivity contribution in [1.29, 1.82) is 0 Å². The molecule has 1 aromatic heterocycles. The molecule has 0 saturated carbocycles. The van der Waals surface area contributed by atoms with Crippen LogP contribution in [0.3, 0.4) is 0 Å². The SMILES string of the molecule is Cc1cc(Br)cnc1N1CCCC(N(C)C(=O)N(C)C)C1. The molecular formula is C15H23BrN4O. The van der Waals surface area contributed by atoms with Crippen LogP contribution in [0, 0.1) is 6.92 Å². The highest BCUT2D eigenvalue weighted by Crippen LogP contribution is 2.25. The van der Waals surface area contributed by atoms with Crippen molar-refractivity contribution >= 4 is 27.8 Å². The molecule has 0 spiro atoms. The number of anilines is 1. The minimum absolute atomic E-state index is 0.0577. The van der Waals surface area contributed by atoms with Crippen LogP contribution in [0.4, 0.5) is 10.6 Å². The average molecular weight is 355 g/mol. The van der Waals surface area contributed by atoms with Gasteiger partial charge in [-0.2, -0.15) is 0 Å². The molecule has 2 rings (SSSR count). The molecule has 116 valence electrons. The molecule has 1 atom stereocenters. The van der Waals surface area contributed by atoms with Crippen LogP contribution in [-0.4, -0.2) is 61.1 Å². The Morgan fingerprint density at radius 2 is 2.14 bits per heavy atom. The molecule has 1 aliphatic heterocycles. The van der Waals surface area contributed by atoms with E-state index in [9.17, 15) is 4.79 Å². The third kappa shape index (κ3) is 3.67. The van der Waals surface area contributed by atoms with E-state index in [1.54, 1.807) is 19.0 Å². The molecule has 1 aromatic rings. The van der Waals surface area contributed by atoms with E-state index < -0.39 is 0 Å². The Labute approximate surface area is 135 Å². The standard InChI is InChI=1S/C15H23BrN4O/c1-11-8-12(16)9-17-14(11)20-7-5-6-13(10-20)19(4)15(21)18(2)3/h8-9,13H,5-7,10H2,1-4H3. The molecular weight excluding hydrogens is 332 g/mol. The summed E-state index contributed by atoms with van der Waals surface area (Å²) in [5, 5.41) is 0. The topological polar surface area (TPSA) is 39.7 Å². The highest BCUT2D eigenvalue weighted by atomic mass is 79.9. The molecule has 21 heavy (non-hydrogen) atoms. The maximum absolute atomic E-state index is 12.1. The second-order valence-corrected chi connectivity index (χ2v) is 6.74. The highest BCUT2D eigenvalue weighted by molar-refractivity contribution is 9.10. The van der Waals surface area contributed by atoms with Gasteiger partial charge >= 0.3 is 6.03 Å². The van der Waals surface area contributed by atoms with Gasteiger partial charge in [-0.1, -0.05) is 0 Å². The van der Waals surface area contributed by atoms with E-state index in [1.165, 1.54) is 0 Å². The first-order valence-corrected chi connectivity index (χ1v) is 8.00. The van der Waals surface area contributed by atoms with Gasteiger partial charge in [0.25, 0.3) is 0 Å². The smallest absolute Gasteiger partial charge is 0.319 e. The summed E-state index contributed by atoms with van der Waals surface area (Å²) in [6.45, 7) is 3.91. The normalized spacial score (nSPS) is 18.5. The Morgan fingerprint density at radius 1 is 1.43 bits per heavy atom. The van der Waals surface area contributed by atoms with E-state index in [2.05, 4.69) is 38.8 Å². The highest BCUT2D eigenvalue weighted by Gasteiger charge is 2.28. The van der Waals surface area contributed by atoms with Crippen LogP contribution >= 0.6 is 15.9 Å². The molecule has 0 aromatic carbocycles. The van der Waals surface area contributed by atoms with E-state index >= 15 is 0 Å². The van der Waals surface area contributed by atoms with Crippen molar-refractivity contribution in [2.75, 3.05) is 39.1 Å². The summed E-state index contributed by atoms with van der Waals surface area (Å²) in [5.74, 6) is 1.02. The number of aromatic nitrogens is 1. The van der Waals surface area contributed by atoms with Crippen LogP contribution in [0.2, 0.25) is 0 Å². The van der Waals surface area contributed by atoms with Gasteiger partial charge in [-0.25, -0.2) is 9.78 Å². The number of carbonyl (C=O) groups excluding carboxylic acids is 1. The third-order valence-corrected chi connectivity index (χ3v) is 4.38. The number of rotatable bonds is 2. The lowest BCUT2D eigenvalue weighted by Gasteiger charge is -2.39. The fourth-order valence-electron chi connectivity index (χ4n) is 2.80. The third-order valence-electron chi connectivity index (χ3n) is 3.95. The maximum atomic E-state index is 12.1. The van der Waals surface area contributed by atoms with Crippen LogP contribution < -0.4 is 4.90 Å². The summed E-state index contributed by atoms with van der Waals surface area (Å²) in [6.07, 6.45) is 3.95. The second-order valence-electron chi connectivity index (χ2n) is 5.82. The Hall–Kier alpha value is -1.30. The van der Waals surface area contributed by atoms with Crippen molar-refractivity contribution in [1.82, 2.24) is 14.8 Å². The largest absolute Gasteiger partial charge is 0.354 e. The van der Waals surface area contributed by atoms with Crippen LogP contribution in [0.25, 0.3) is 0 Å². The van der Waals surface area contributed by atoms with Gasteiger partial charge in [0.2, 0.25) is 0 Å². The zero-order chi connectivity index (χ0) is 15.6. The molecule has 0 radical (unpaired) electrons. The number of nitrogens with zero attached hydrogens (tertiary/aromatic N) is 4. The first kappa shape index (κ1) is 16.1. The minimum atomic E-state index is 0.0577. The number of likely N-dealkylation sites (N-methyl/N-ethyl adjacent to an activating group) is 1. The first-order valence-electron chi connectivity index (χ1n) is 7.21. The molecule has 6 heteroatoms.